The second-order valence-electron chi connectivity index (χ2n) is 6.43. The van der Waals surface area contributed by atoms with Crippen LogP contribution in [0, 0.1) is 5.92 Å². The molecular formula is C15H24N2O3. The number of hydrogen-bond donors (Lipinski definition) is 1. The fourth-order valence-electron chi connectivity index (χ4n) is 3.90. The van der Waals surface area contributed by atoms with Gasteiger partial charge in [0.15, 0.2) is 0 Å². The van der Waals surface area contributed by atoms with Crippen LogP contribution >= 0.6 is 0 Å². The van der Waals surface area contributed by atoms with E-state index in [1.165, 1.54) is 12.8 Å². The molecule has 2 aliphatic heterocycles. The summed E-state index contributed by atoms with van der Waals surface area (Å²) in [4.78, 5) is 27.9. The molecule has 20 heavy (non-hydrogen) atoms. The highest BCUT2D eigenvalue weighted by atomic mass is 16.3. The zero-order chi connectivity index (χ0) is 14.1. The number of hydrogen-bond acceptors (Lipinski definition) is 3. The minimum absolute atomic E-state index is 0.0429. The topological polar surface area (TPSA) is 60.9 Å². The Morgan fingerprint density at radius 2 is 1.80 bits per heavy atom. The number of carbonyl (C=O) groups is 2. The van der Waals surface area contributed by atoms with E-state index < -0.39 is 6.10 Å². The van der Waals surface area contributed by atoms with E-state index in [4.69, 9.17) is 0 Å². The Labute approximate surface area is 119 Å². The lowest BCUT2D eigenvalue weighted by Crippen LogP contribution is -2.62. The zero-order valence-corrected chi connectivity index (χ0v) is 12.0. The van der Waals surface area contributed by atoms with Crippen LogP contribution in [0.2, 0.25) is 0 Å². The molecule has 2 unspecified atom stereocenters. The Balaban J connectivity index is 1.64. The van der Waals surface area contributed by atoms with E-state index >= 15 is 0 Å². The number of aliphatic hydroxyl groups is 1. The van der Waals surface area contributed by atoms with Crippen LogP contribution in [0.1, 0.15) is 44.9 Å². The van der Waals surface area contributed by atoms with Crippen molar-refractivity contribution in [1.82, 2.24) is 9.80 Å². The molecule has 3 aliphatic rings. The predicted molar refractivity (Wildman–Crippen MR) is 73.9 cm³/mol. The van der Waals surface area contributed by atoms with Crippen molar-refractivity contribution in [3.05, 3.63) is 0 Å². The van der Waals surface area contributed by atoms with Crippen LogP contribution < -0.4 is 0 Å². The van der Waals surface area contributed by atoms with Crippen molar-refractivity contribution in [3.63, 3.8) is 0 Å². The van der Waals surface area contributed by atoms with Crippen molar-refractivity contribution in [1.29, 1.82) is 0 Å². The molecule has 2 heterocycles. The van der Waals surface area contributed by atoms with Gasteiger partial charge in [0.2, 0.25) is 11.8 Å². The van der Waals surface area contributed by atoms with E-state index in [9.17, 15) is 14.7 Å². The number of aliphatic hydroxyl groups excluding tert-OH is 1. The average molecular weight is 280 g/mol. The second-order valence-corrected chi connectivity index (χ2v) is 6.43. The van der Waals surface area contributed by atoms with Crippen LogP contribution in [0.5, 0.6) is 0 Å². The molecule has 112 valence electrons. The second kappa shape index (κ2) is 5.72. The number of piperidine rings is 1. The third-order valence-electron chi connectivity index (χ3n) is 5.10. The van der Waals surface area contributed by atoms with Gasteiger partial charge in [-0.1, -0.05) is 12.8 Å². The van der Waals surface area contributed by atoms with Crippen molar-refractivity contribution in [2.45, 2.75) is 57.1 Å². The molecule has 1 saturated carbocycles. The summed E-state index contributed by atoms with van der Waals surface area (Å²) in [6, 6.07) is -0.263. The Morgan fingerprint density at radius 3 is 2.55 bits per heavy atom. The van der Waals surface area contributed by atoms with Crippen LogP contribution in [0.25, 0.3) is 0 Å². The minimum atomic E-state index is -0.468. The normalized spacial score (nSPS) is 29.8. The first-order valence-corrected chi connectivity index (χ1v) is 7.93. The van der Waals surface area contributed by atoms with Gasteiger partial charge < -0.3 is 14.9 Å². The summed E-state index contributed by atoms with van der Waals surface area (Å²) in [5.74, 6) is 0.400. The van der Waals surface area contributed by atoms with Gasteiger partial charge in [0, 0.05) is 13.1 Å². The molecule has 5 nitrogen and oxygen atoms in total. The number of piperazine rings is 1. The van der Waals surface area contributed by atoms with Crippen molar-refractivity contribution in [3.8, 4) is 0 Å². The number of nitrogens with zero attached hydrogens (tertiary/aromatic N) is 2. The molecule has 5 heteroatoms. The summed E-state index contributed by atoms with van der Waals surface area (Å²) < 4.78 is 0. The van der Waals surface area contributed by atoms with Crippen LogP contribution in [-0.4, -0.2) is 58.5 Å². The van der Waals surface area contributed by atoms with Gasteiger partial charge in [-0.3, -0.25) is 9.59 Å². The smallest absolute Gasteiger partial charge is 0.245 e. The van der Waals surface area contributed by atoms with E-state index in [1.54, 1.807) is 9.80 Å². The standard InChI is InChI=1S/C15H24N2O3/c18-13(11-5-1-2-6-11)9-16-10-14(19)17-8-4-3-7-12(17)15(16)20/h11-13,18H,1-10H2. The van der Waals surface area contributed by atoms with Crippen molar-refractivity contribution in [2.75, 3.05) is 19.6 Å². The van der Waals surface area contributed by atoms with Gasteiger partial charge in [0.05, 0.1) is 12.6 Å². The zero-order valence-electron chi connectivity index (χ0n) is 12.0. The third kappa shape index (κ3) is 2.55. The number of amides is 2. The van der Waals surface area contributed by atoms with Crippen molar-refractivity contribution in [2.24, 2.45) is 5.92 Å². The predicted octanol–water partition coefficient (Wildman–Crippen LogP) is 0.761. The molecular weight excluding hydrogens is 256 g/mol. The Kier molecular flexibility index (Phi) is 3.96. The van der Waals surface area contributed by atoms with E-state index in [0.29, 0.717) is 19.0 Å². The van der Waals surface area contributed by atoms with Crippen LogP contribution in [-0.2, 0) is 9.59 Å². The number of β-amino-alcohol motifs (C(OH)–C–C–N with tert-alkyl or cyclic N) is 1. The molecule has 0 aromatic rings. The molecule has 0 spiro atoms. The highest BCUT2D eigenvalue weighted by Gasteiger charge is 2.41. The highest BCUT2D eigenvalue weighted by Crippen LogP contribution is 2.29. The van der Waals surface area contributed by atoms with Crippen LogP contribution in [0.15, 0.2) is 0 Å². The van der Waals surface area contributed by atoms with E-state index in [0.717, 1.165) is 32.1 Å². The summed E-state index contributed by atoms with van der Waals surface area (Å²) in [5, 5.41) is 10.3. The quantitative estimate of drug-likeness (QED) is 0.830. The molecule has 0 aromatic heterocycles. The fraction of sp³-hybridized carbons (Fsp3) is 0.867. The van der Waals surface area contributed by atoms with Gasteiger partial charge >= 0.3 is 0 Å². The first-order valence-electron chi connectivity index (χ1n) is 7.93. The Hall–Kier alpha value is -1.10. The van der Waals surface area contributed by atoms with Gasteiger partial charge in [-0.2, -0.15) is 0 Å². The first kappa shape index (κ1) is 13.9. The third-order valence-corrected chi connectivity index (χ3v) is 5.10. The molecule has 1 N–H and O–H groups in total. The summed E-state index contributed by atoms with van der Waals surface area (Å²) in [5.41, 5.74) is 0. The van der Waals surface area contributed by atoms with E-state index in [-0.39, 0.29) is 24.4 Å². The molecule has 1 aliphatic carbocycles. The summed E-state index contributed by atoms with van der Waals surface area (Å²) in [7, 11) is 0. The first-order chi connectivity index (χ1) is 9.66. The SMILES string of the molecule is O=C1C2CCCCN2C(=O)CN1CC(O)C1CCCC1. The largest absolute Gasteiger partial charge is 0.391 e. The summed E-state index contributed by atoms with van der Waals surface area (Å²) >= 11 is 0. The lowest BCUT2D eigenvalue weighted by molar-refractivity contribution is -0.159. The number of carbonyl (C=O) groups excluding carboxylic acids is 2. The summed E-state index contributed by atoms with van der Waals surface area (Å²) in [6.45, 7) is 1.20. The van der Waals surface area contributed by atoms with Gasteiger partial charge in [0.25, 0.3) is 0 Å². The minimum Gasteiger partial charge on any atom is -0.391 e. The molecule has 2 amide bonds. The van der Waals surface area contributed by atoms with E-state index in [1.807, 2.05) is 0 Å². The maximum Gasteiger partial charge on any atom is 0.245 e. The maximum atomic E-state index is 12.5. The van der Waals surface area contributed by atoms with Gasteiger partial charge in [-0.15, -0.1) is 0 Å². The highest BCUT2D eigenvalue weighted by molar-refractivity contribution is 5.95. The fourth-order valence-corrected chi connectivity index (χ4v) is 3.90. The molecule has 2 saturated heterocycles. The van der Waals surface area contributed by atoms with Crippen molar-refractivity contribution < 1.29 is 14.7 Å². The molecule has 2 atom stereocenters. The monoisotopic (exact) mass is 280 g/mol. The van der Waals surface area contributed by atoms with Crippen LogP contribution in [0.3, 0.4) is 0 Å². The molecule has 0 aromatic carbocycles. The molecule has 3 fully saturated rings. The Morgan fingerprint density at radius 1 is 1.10 bits per heavy atom. The number of rotatable bonds is 3. The van der Waals surface area contributed by atoms with Gasteiger partial charge in [-0.25, -0.2) is 0 Å². The average Bonchev–Trinajstić information content (AvgIpc) is 2.99. The molecule has 0 bridgehead atoms. The lowest BCUT2D eigenvalue weighted by Gasteiger charge is -2.43. The molecule has 0 radical (unpaired) electrons. The summed E-state index contributed by atoms with van der Waals surface area (Å²) in [6.07, 6.45) is 6.76. The van der Waals surface area contributed by atoms with Crippen LogP contribution in [0.4, 0.5) is 0 Å². The maximum absolute atomic E-state index is 12.5. The Bertz CT molecular complexity index is 393. The number of fused-ring (bicyclic) bond motifs is 1. The molecule has 3 rings (SSSR count). The van der Waals surface area contributed by atoms with Crippen molar-refractivity contribution >= 4 is 11.8 Å². The van der Waals surface area contributed by atoms with Gasteiger partial charge in [-0.05, 0) is 38.0 Å². The van der Waals surface area contributed by atoms with Gasteiger partial charge in [0.1, 0.15) is 6.04 Å². The van der Waals surface area contributed by atoms with E-state index in [2.05, 4.69) is 0 Å². The lowest BCUT2D eigenvalue weighted by atomic mass is 9.96.